The molecule has 4 aromatic rings. The third-order valence-corrected chi connectivity index (χ3v) is 9.37. The zero-order chi connectivity index (χ0) is 34.1. The number of anilines is 3. The summed E-state index contributed by atoms with van der Waals surface area (Å²) in [6.45, 7) is 15.7. The highest BCUT2D eigenvalue weighted by Crippen LogP contribution is 2.37. The van der Waals surface area contributed by atoms with Crippen molar-refractivity contribution in [2.45, 2.75) is 79.1 Å². The topological polar surface area (TPSA) is 125 Å². The van der Waals surface area contributed by atoms with E-state index < -0.39 is 22.3 Å². The Bertz CT molecular complexity index is 1830. The molecule has 0 aliphatic carbocycles. The number of rotatable bonds is 9. The third kappa shape index (κ3) is 7.31. The number of hydrogen-bond acceptors (Lipinski definition) is 5. The second kappa shape index (κ2) is 13.7. The molecule has 0 radical (unpaired) electrons. The molecule has 246 valence electrons. The number of carbonyl (C=O) groups is 2. The van der Waals surface area contributed by atoms with Gasteiger partial charge < -0.3 is 10.6 Å². The Morgan fingerprint density at radius 1 is 0.761 bits per heavy atom. The van der Waals surface area contributed by atoms with Crippen LogP contribution in [0.15, 0.2) is 54.7 Å². The fourth-order valence-electron chi connectivity index (χ4n) is 5.43. The van der Waals surface area contributed by atoms with Crippen molar-refractivity contribution in [1.29, 1.82) is 0 Å². The van der Waals surface area contributed by atoms with Crippen molar-refractivity contribution in [3.8, 4) is 0 Å². The molecule has 4 rings (SSSR count). The molecule has 3 N–H and O–H groups in total. The van der Waals surface area contributed by atoms with Gasteiger partial charge in [0.15, 0.2) is 0 Å². The van der Waals surface area contributed by atoms with Gasteiger partial charge in [-0.1, -0.05) is 85.2 Å². The van der Waals surface area contributed by atoms with Crippen LogP contribution in [0.5, 0.6) is 0 Å². The van der Waals surface area contributed by atoms with E-state index in [1.54, 1.807) is 48.3 Å². The first-order valence-corrected chi connectivity index (χ1v) is 17.2. The lowest BCUT2D eigenvalue weighted by Gasteiger charge is -2.27. The molecule has 10 nitrogen and oxygen atoms in total. The first-order valence-electron chi connectivity index (χ1n) is 15.3. The molecular weight excluding hydrogens is 624 g/mol. The maximum absolute atomic E-state index is 14.2. The first-order chi connectivity index (χ1) is 21.5. The van der Waals surface area contributed by atoms with Gasteiger partial charge in [0.1, 0.15) is 0 Å². The van der Waals surface area contributed by atoms with Crippen LogP contribution in [-0.4, -0.2) is 34.6 Å². The number of aromatic nitrogens is 2. The normalized spacial score (nSPS) is 12.0. The second-order valence-electron chi connectivity index (χ2n) is 12.7. The largest absolute Gasteiger partial charge is 0.345 e. The number of para-hydroxylation sites is 1. The summed E-state index contributed by atoms with van der Waals surface area (Å²) in [5.74, 6) is -0.123. The molecule has 0 bridgehead atoms. The van der Waals surface area contributed by atoms with Crippen molar-refractivity contribution in [2.75, 3.05) is 15.4 Å². The van der Waals surface area contributed by atoms with E-state index in [0.29, 0.717) is 33.0 Å². The minimum absolute atomic E-state index is 0.00731. The van der Waals surface area contributed by atoms with E-state index in [9.17, 15) is 18.0 Å². The van der Waals surface area contributed by atoms with Crippen LogP contribution >= 0.6 is 11.6 Å². The Balaban J connectivity index is 1.84. The Hall–Kier alpha value is -4.09. The highest BCUT2D eigenvalue weighted by atomic mass is 35.5. The predicted molar refractivity (Wildman–Crippen MR) is 187 cm³/mol. The molecule has 0 saturated carbocycles. The molecule has 0 saturated heterocycles. The lowest BCUT2D eigenvalue weighted by molar-refractivity contribution is 0.222. The summed E-state index contributed by atoms with van der Waals surface area (Å²) in [5, 5.41) is 11.1. The second-order valence-corrected chi connectivity index (χ2v) is 14.6. The maximum atomic E-state index is 14.2. The molecule has 0 fully saturated rings. The molecule has 0 atom stereocenters. The summed E-state index contributed by atoms with van der Waals surface area (Å²) in [6.07, 6.45) is 1.66. The summed E-state index contributed by atoms with van der Waals surface area (Å²) in [6, 6.07) is 11.7. The molecule has 46 heavy (non-hydrogen) atoms. The Labute approximate surface area is 276 Å². The Morgan fingerprint density at radius 2 is 1.24 bits per heavy atom. The van der Waals surface area contributed by atoms with Crippen molar-refractivity contribution in [1.82, 2.24) is 14.1 Å². The summed E-state index contributed by atoms with van der Waals surface area (Å²) in [4.78, 5) is 28.3. The van der Waals surface area contributed by atoms with Crippen molar-refractivity contribution < 1.29 is 18.0 Å². The lowest BCUT2D eigenvalue weighted by atomic mass is 9.92. The van der Waals surface area contributed by atoms with Crippen LogP contribution < -0.4 is 15.4 Å². The van der Waals surface area contributed by atoms with Crippen LogP contribution in [0.25, 0.3) is 10.9 Å². The zero-order valence-electron chi connectivity index (χ0n) is 27.8. The van der Waals surface area contributed by atoms with Crippen molar-refractivity contribution in [3.63, 3.8) is 0 Å². The van der Waals surface area contributed by atoms with Gasteiger partial charge in [0.25, 0.3) is 0 Å². The van der Waals surface area contributed by atoms with Gasteiger partial charge in [-0.2, -0.15) is 13.5 Å². The number of halogens is 1. The van der Waals surface area contributed by atoms with Gasteiger partial charge in [-0.15, -0.1) is 4.31 Å². The molecule has 0 aliphatic heterocycles. The highest BCUT2D eigenvalue weighted by molar-refractivity contribution is 7.91. The zero-order valence-corrected chi connectivity index (χ0v) is 29.3. The maximum Gasteiger partial charge on any atom is 0.345 e. The minimum atomic E-state index is -4.82. The standard InChI is InChI=1S/C34H43ClN6O4S/c1-19(2)26-11-10-12-27(20(3)4)31(26)37-33(42)41(46(44,45)39-25-14-13-23-18-36-40(9)30(23)17-25)34(43)38-32-28(21(5)6)15-24(35)16-29(32)22(7)8/h10-22,39H,1-9H3,(H,37,42)(H,38,43). The minimum Gasteiger partial charge on any atom is -0.306 e. The van der Waals surface area contributed by atoms with E-state index >= 15 is 0 Å². The highest BCUT2D eigenvalue weighted by Gasteiger charge is 2.36. The number of nitrogens with zero attached hydrogens (tertiary/aromatic N) is 3. The fourth-order valence-corrected chi connectivity index (χ4v) is 6.71. The number of carbonyl (C=O) groups excluding carboxylic acids is 2. The number of fused-ring (bicyclic) bond motifs is 1. The number of imide groups is 1. The molecule has 3 aromatic carbocycles. The number of aryl methyl sites for hydroxylation is 1. The van der Waals surface area contributed by atoms with Crippen molar-refractivity contribution in [3.05, 3.63) is 82.0 Å². The molecule has 4 amide bonds. The molecule has 0 aliphatic rings. The molecule has 0 unspecified atom stereocenters. The van der Waals surface area contributed by atoms with Gasteiger partial charge in [0.05, 0.1) is 17.4 Å². The van der Waals surface area contributed by atoms with E-state index in [1.165, 1.54) is 0 Å². The first kappa shape index (κ1) is 34.8. The number of hydrogen-bond donors (Lipinski definition) is 3. The number of urea groups is 2. The summed E-state index contributed by atoms with van der Waals surface area (Å²) >= 11 is 6.44. The van der Waals surface area contributed by atoms with E-state index in [1.807, 2.05) is 73.6 Å². The van der Waals surface area contributed by atoms with E-state index in [2.05, 4.69) is 20.5 Å². The predicted octanol–water partition coefficient (Wildman–Crippen LogP) is 9.14. The Morgan fingerprint density at radius 3 is 1.72 bits per heavy atom. The molecular formula is C34H43ClN6O4S. The van der Waals surface area contributed by atoms with Gasteiger partial charge in [0, 0.05) is 28.8 Å². The Kier molecular flexibility index (Phi) is 10.4. The van der Waals surface area contributed by atoms with E-state index in [-0.39, 0.29) is 33.7 Å². The van der Waals surface area contributed by atoms with E-state index in [0.717, 1.165) is 16.5 Å². The van der Waals surface area contributed by atoms with Gasteiger partial charge in [-0.25, -0.2) is 9.59 Å². The van der Waals surface area contributed by atoms with E-state index in [4.69, 9.17) is 11.6 Å². The third-order valence-electron chi connectivity index (χ3n) is 7.85. The van der Waals surface area contributed by atoms with Crippen LogP contribution in [0.3, 0.4) is 0 Å². The fraction of sp³-hybridized carbons (Fsp3) is 0.382. The smallest absolute Gasteiger partial charge is 0.306 e. The monoisotopic (exact) mass is 666 g/mol. The van der Waals surface area contributed by atoms with Crippen molar-refractivity contribution in [2.24, 2.45) is 7.05 Å². The molecule has 1 heterocycles. The van der Waals surface area contributed by atoms with Crippen LogP contribution in [-0.2, 0) is 17.3 Å². The molecule has 1 aromatic heterocycles. The molecule has 0 spiro atoms. The number of amides is 4. The van der Waals surface area contributed by atoms with Crippen LogP contribution in [0.4, 0.5) is 26.7 Å². The number of benzene rings is 3. The average Bonchev–Trinajstić information content (AvgIpc) is 3.32. The average molecular weight is 667 g/mol. The van der Waals surface area contributed by atoms with Gasteiger partial charge in [0.2, 0.25) is 0 Å². The quantitative estimate of drug-likeness (QED) is 0.164. The SMILES string of the molecule is CC(C)c1cccc(C(C)C)c1NC(=O)N(C(=O)Nc1c(C(C)C)cc(Cl)cc1C(C)C)S(=O)(=O)Nc1ccc2cnn(C)c2c1. The molecule has 12 heteroatoms. The summed E-state index contributed by atoms with van der Waals surface area (Å²) in [5.41, 5.74) is 4.76. The summed E-state index contributed by atoms with van der Waals surface area (Å²) in [7, 11) is -3.08. The van der Waals surface area contributed by atoms with Crippen LogP contribution in [0.2, 0.25) is 5.02 Å². The van der Waals surface area contributed by atoms with Gasteiger partial charge in [-0.3, -0.25) is 9.40 Å². The van der Waals surface area contributed by atoms with Gasteiger partial charge >= 0.3 is 22.3 Å². The number of nitrogens with one attached hydrogen (secondary N) is 3. The van der Waals surface area contributed by atoms with Crippen molar-refractivity contribution >= 4 is 61.8 Å². The van der Waals surface area contributed by atoms with Gasteiger partial charge in [-0.05, 0) is 76.3 Å². The summed E-state index contributed by atoms with van der Waals surface area (Å²) < 4.78 is 32.4. The van der Waals surface area contributed by atoms with Crippen LogP contribution in [0.1, 0.15) is 101 Å². The van der Waals surface area contributed by atoms with Crippen LogP contribution in [0, 0.1) is 0 Å². The lowest BCUT2D eigenvalue weighted by Crippen LogP contribution is -2.49.